The Balaban J connectivity index is 2.32. The number of sulfonamides is 1. The van der Waals surface area contributed by atoms with Crippen molar-refractivity contribution in [2.24, 2.45) is 5.92 Å². The van der Waals surface area contributed by atoms with Crippen LogP contribution in [0.15, 0.2) is 0 Å². The van der Waals surface area contributed by atoms with E-state index in [2.05, 4.69) is 4.72 Å². The summed E-state index contributed by atoms with van der Waals surface area (Å²) in [6.45, 7) is 2.98. The number of likely N-dealkylation sites (tertiary alicyclic amines) is 1. The Bertz CT molecular complexity index is 340. The van der Waals surface area contributed by atoms with E-state index in [1.54, 1.807) is 11.9 Å². The Morgan fingerprint density at radius 3 is 2.69 bits per heavy atom. The lowest BCUT2D eigenvalue weighted by Crippen LogP contribution is -2.32. The molecule has 0 radical (unpaired) electrons. The fourth-order valence-electron chi connectivity index (χ4n) is 1.74. The van der Waals surface area contributed by atoms with Gasteiger partial charge in [-0.05, 0) is 12.3 Å². The first-order valence-electron chi connectivity index (χ1n) is 5.66. The fraction of sp³-hybridized carbons (Fsp3) is 0.900. The summed E-state index contributed by atoms with van der Waals surface area (Å²) < 4.78 is 25.6. The molecule has 0 aromatic carbocycles. The van der Waals surface area contributed by atoms with E-state index in [9.17, 15) is 13.2 Å². The molecule has 1 saturated heterocycles. The van der Waals surface area contributed by atoms with Crippen LogP contribution >= 0.6 is 0 Å². The van der Waals surface area contributed by atoms with Gasteiger partial charge < -0.3 is 4.90 Å². The van der Waals surface area contributed by atoms with Gasteiger partial charge in [-0.15, -0.1) is 0 Å². The van der Waals surface area contributed by atoms with Gasteiger partial charge >= 0.3 is 0 Å². The van der Waals surface area contributed by atoms with Crippen molar-refractivity contribution in [1.82, 2.24) is 9.62 Å². The highest BCUT2D eigenvalue weighted by Gasteiger charge is 2.27. The first kappa shape index (κ1) is 13.4. The molecular weight excluding hydrogens is 228 g/mol. The molecule has 1 atom stereocenters. The molecule has 6 heteroatoms. The van der Waals surface area contributed by atoms with Crippen molar-refractivity contribution >= 4 is 15.9 Å². The van der Waals surface area contributed by atoms with Crippen LogP contribution in [0.3, 0.4) is 0 Å². The van der Waals surface area contributed by atoms with Gasteiger partial charge in [0.25, 0.3) is 0 Å². The maximum absolute atomic E-state index is 11.5. The van der Waals surface area contributed by atoms with E-state index in [1.807, 2.05) is 6.92 Å². The predicted octanol–water partition coefficient (Wildman–Crippen LogP) is 0.184. The topological polar surface area (TPSA) is 66.5 Å². The molecule has 5 nitrogen and oxygen atoms in total. The second kappa shape index (κ2) is 5.63. The van der Waals surface area contributed by atoms with E-state index < -0.39 is 10.0 Å². The number of unbranched alkanes of at least 4 members (excludes halogenated alkanes) is 1. The van der Waals surface area contributed by atoms with E-state index in [0.717, 1.165) is 6.42 Å². The summed E-state index contributed by atoms with van der Waals surface area (Å²) in [6, 6.07) is 0. The number of nitrogens with one attached hydrogen (secondary N) is 1. The van der Waals surface area contributed by atoms with Crippen molar-refractivity contribution in [2.45, 2.75) is 26.2 Å². The number of hydrogen-bond donors (Lipinski definition) is 1. The number of amides is 1. The van der Waals surface area contributed by atoms with Crippen LogP contribution in [0.2, 0.25) is 0 Å². The second-order valence-corrected chi connectivity index (χ2v) is 6.29. The second-order valence-electron chi connectivity index (χ2n) is 4.37. The first-order valence-corrected chi connectivity index (χ1v) is 7.31. The van der Waals surface area contributed by atoms with Crippen molar-refractivity contribution in [1.29, 1.82) is 0 Å². The smallest absolute Gasteiger partial charge is 0.222 e. The Labute approximate surface area is 97.2 Å². The molecule has 94 valence electrons. The lowest BCUT2D eigenvalue weighted by atomic mass is 10.1. The van der Waals surface area contributed by atoms with Gasteiger partial charge in [0.1, 0.15) is 0 Å². The Kier molecular flexibility index (Phi) is 4.73. The number of carbonyl (C=O) groups is 1. The number of carbonyl (C=O) groups excluding carboxylic acids is 1. The monoisotopic (exact) mass is 248 g/mol. The van der Waals surface area contributed by atoms with Gasteiger partial charge in [0.2, 0.25) is 15.9 Å². The maximum atomic E-state index is 11.5. The summed E-state index contributed by atoms with van der Waals surface area (Å²) in [6.07, 6.45) is 2.00. The highest BCUT2D eigenvalue weighted by Crippen LogP contribution is 2.15. The molecule has 1 rings (SSSR count). The zero-order valence-corrected chi connectivity index (χ0v) is 10.7. The van der Waals surface area contributed by atoms with Crippen molar-refractivity contribution in [2.75, 3.05) is 25.9 Å². The molecule has 1 aliphatic rings. The molecule has 0 aliphatic carbocycles. The fourth-order valence-corrected chi connectivity index (χ4v) is 3.05. The van der Waals surface area contributed by atoms with E-state index in [-0.39, 0.29) is 17.6 Å². The van der Waals surface area contributed by atoms with Gasteiger partial charge in [-0.3, -0.25) is 4.79 Å². The summed E-state index contributed by atoms with van der Waals surface area (Å²) in [4.78, 5) is 12.9. The van der Waals surface area contributed by atoms with Crippen LogP contribution in [0.5, 0.6) is 0 Å². The third kappa shape index (κ3) is 4.09. The zero-order chi connectivity index (χ0) is 12.2. The maximum Gasteiger partial charge on any atom is 0.222 e. The lowest BCUT2D eigenvalue weighted by molar-refractivity contribution is -0.126. The Morgan fingerprint density at radius 1 is 1.50 bits per heavy atom. The van der Waals surface area contributed by atoms with Gasteiger partial charge in [0, 0.05) is 26.6 Å². The third-order valence-corrected chi connectivity index (χ3v) is 4.21. The van der Waals surface area contributed by atoms with Crippen molar-refractivity contribution in [3.63, 3.8) is 0 Å². The van der Waals surface area contributed by atoms with E-state index >= 15 is 0 Å². The summed E-state index contributed by atoms with van der Waals surface area (Å²) in [5.41, 5.74) is 0. The van der Waals surface area contributed by atoms with Crippen molar-refractivity contribution < 1.29 is 13.2 Å². The lowest BCUT2D eigenvalue weighted by Gasteiger charge is -2.11. The first-order chi connectivity index (χ1) is 7.44. The molecule has 0 aromatic heterocycles. The molecule has 0 aromatic rings. The van der Waals surface area contributed by atoms with Crippen LogP contribution in [0.4, 0.5) is 0 Å². The molecule has 1 amide bonds. The zero-order valence-electron chi connectivity index (χ0n) is 9.90. The number of hydrogen-bond acceptors (Lipinski definition) is 3. The van der Waals surface area contributed by atoms with Crippen LogP contribution in [0, 0.1) is 5.92 Å². The summed E-state index contributed by atoms with van der Waals surface area (Å²) in [5, 5.41) is 0. The molecule has 0 spiro atoms. The SMILES string of the molecule is CCCCS(=O)(=O)NCC1CC(=O)N(C)C1. The largest absolute Gasteiger partial charge is 0.345 e. The molecule has 1 unspecified atom stereocenters. The minimum Gasteiger partial charge on any atom is -0.345 e. The molecule has 1 heterocycles. The molecule has 1 aliphatic heterocycles. The summed E-state index contributed by atoms with van der Waals surface area (Å²) in [5.74, 6) is 0.395. The molecule has 0 saturated carbocycles. The average Bonchev–Trinajstić information content (AvgIpc) is 2.53. The third-order valence-electron chi connectivity index (χ3n) is 2.78. The van der Waals surface area contributed by atoms with Crippen LogP contribution in [0.1, 0.15) is 26.2 Å². The van der Waals surface area contributed by atoms with Gasteiger partial charge in [0.05, 0.1) is 5.75 Å². The van der Waals surface area contributed by atoms with Crippen LogP contribution in [0.25, 0.3) is 0 Å². The van der Waals surface area contributed by atoms with E-state index in [0.29, 0.717) is 25.9 Å². The minimum atomic E-state index is -3.15. The highest BCUT2D eigenvalue weighted by atomic mass is 32.2. The number of nitrogens with zero attached hydrogens (tertiary/aromatic N) is 1. The van der Waals surface area contributed by atoms with Gasteiger partial charge in [-0.1, -0.05) is 13.3 Å². The normalized spacial score (nSPS) is 21.8. The molecule has 1 fully saturated rings. The highest BCUT2D eigenvalue weighted by molar-refractivity contribution is 7.89. The van der Waals surface area contributed by atoms with Crippen molar-refractivity contribution in [3.05, 3.63) is 0 Å². The number of rotatable bonds is 6. The predicted molar refractivity (Wildman–Crippen MR) is 62.4 cm³/mol. The quantitative estimate of drug-likeness (QED) is 0.729. The minimum absolute atomic E-state index is 0.0951. The van der Waals surface area contributed by atoms with Gasteiger partial charge in [0.15, 0.2) is 0 Å². The molecule has 0 bridgehead atoms. The van der Waals surface area contributed by atoms with Crippen LogP contribution in [-0.4, -0.2) is 45.1 Å². The van der Waals surface area contributed by atoms with Gasteiger partial charge in [-0.2, -0.15) is 0 Å². The van der Waals surface area contributed by atoms with Crippen LogP contribution in [-0.2, 0) is 14.8 Å². The van der Waals surface area contributed by atoms with E-state index in [4.69, 9.17) is 0 Å². The summed E-state index contributed by atoms with van der Waals surface area (Å²) >= 11 is 0. The molecular formula is C10H20N2O3S. The molecule has 16 heavy (non-hydrogen) atoms. The Hall–Kier alpha value is -0.620. The van der Waals surface area contributed by atoms with Crippen LogP contribution < -0.4 is 4.72 Å². The van der Waals surface area contributed by atoms with Crippen molar-refractivity contribution in [3.8, 4) is 0 Å². The average molecular weight is 248 g/mol. The summed E-state index contributed by atoms with van der Waals surface area (Å²) in [7, 11) is -1.40. The Morgan fingerprint density at radius 2 is 2.19 bits per heavy atom. The molecule has 1 N–H and O–H groups in total. The standard InChI is InChI=1S/C10H20N2O3S/c1-3-4-5-16(14,15)11-7-9-6-10(13)12(2)8-9/h9,11H,3-8H2,1-2H3. The van der Waals surface area contributed by atoms with E-state index in [1.165, 1.54) is 0 Å². The van der Waals surface area contributed by atoms with Gasteiger partial charge in [-0.25, -0.2) is 13.1 Å².